The fourth-order valence-corrected chi connectivity index (χ4v) is 4.53. The van der Waals surface area contributed by atoms with E-state index in [1.807, 2.05) is 13.0 Å². The Hall–Kier alpha value is -2.97. The van der Waals surface area contributed by atoms with Gasteiger partial charge >= 0.3 is 6.09 Å². The molecule has 34 heavy (non-hydrogen) atoms. The van der Waals surface area contributed by atoms with Gasteiger partial charge in [-0.25, -0.2) is 14.2 Å². The van der Waals surface area contributed by atoms with Crippen LogP contribution in [0.5, 0.6) is 5.75 Å². The molecule has 0 bridgehead atoms. The molecule has 1 atom stereocenters. The molecule has 0 aliphatic carbocycles. The Bertz CT molecular complexity index is 1260. The summed E-state index contributed by atoms with van der Waals surface area (Å²) in [5.41, 5.74) is 8.65. The van der Waals surface area contributed by atoms with Gasteiger partial charge in [0.05, 0.1) is 23.3 Å². The summed E-state index contributed by atoms with van der Waals surface area (Å²) < 4.78 is 31.1. The van der Waals surface area contributed by atoms with Crippen LogP contribution in [0.2, 0.25) is 10.0 Å². The maximum absolute atomic E-state index is 14.0. The Morgan fingerprint density at radius 2 is 2.18 bits per heavy atom. The van der Waals surface area contributed by atoms with E-state index in [4.69, 9.17) is 42.8 Å². The monoisotopic (exact) mass is 507 g/mol. The summed E-state index contributed by atoms with van der Waals surface area (Å²) in [5.74, 6) is -0.266. The molecule has 3 heterocycles. The van der Waals surface area contributed by atoms with E-state index in [1.165, 1.54) is 12.1 Å². The first-order chi connectivity index (χ1) is 16.3. The van der Waals surface area contributed by atoms with Crippen molar-refractivity contribution in [1.82, 2.24) is 9.88 Å². The summed E-state index contributed by atoms with van der Waals surface area (Å²) in [5, 5.41) is 0.862. The number of nitrogens with two attached hydrogens (primary N) is 1. The Kier molecular flexibility index (Phi) is 7.19. The zero-order valence-electron chi connectivity index (χ0n) is 18.7. The first-order valence-corrected chi connectivity index (χ1v) is 11.6. The van der Waals surface area contributed by atoms with Crippen LogP contribution >= 0.6 is 23.2 Å². The van der Waals surface area contributed by atoms with Crippen LogP contribution in [0.25, 0.3) is 16.5 Å². The van der Waals surface area contributed by atoms with Gasteiger partial charge in [0.15, 0.2) is 11.4 Å². The summed E-state index contributed by atoms with van der Waals surface area (Å²) in [6.07, 6.45) is 5.56. The average molecular weight is 508 g/mol. The summed E-state index contributed by atoms with van der Waals surface area (Å²) in [4.78, 5) is 18.0. The predicted molar refractivity (Wildman–Crippen MR) is 130 cm³/mol. The average Bonchev–Trinajstić information content (AvgIpc) is 3.26. The lowest BCUT2D eigenvalue weighted by molar-refractivity contribution is 0.106. The van der Waals surface area contributed by atoms with Crippen molar-refractivity contribution in [3.63, 3.8) is 0 Å². The lowest BCUT2D eigenvalue weighted by atomic mass is 9.99. The Balaban J connectivity index is 1.61. The van der Waals surface area contributed by atoms with Gasteiger partial charge < -0.3 is 24.5 Å². The molecule has 10 heteroatoms. The zero-order chi connectivity index (χ0) is 24.4. The third-order valence-corrected chi connectivity index (χ3v) is 6.34. The molecule has 180 valence electrons. The van der Waals surface area contributed by atoms with Crippen LogP contribution in [0.3, 0.4) is 0 Å². The molecule has 2 N–H and O–H groups in total. The molecule has 1 amide bonds. The molecule has 0 saturated carbocycles. The third-order valence-electron chi connectivity index (χ3n) is 5.62. The van der Waals surface area contributed by atoms with Gasteiger partial charge in [-0.3, -0.25) is 0 Å². The Morgan fingerprint density at radius 1 is 1.38 bits per heavy atom. The molecule has 1 aromatic carbocycles. The van der Waals surface area contributed by atoms with Gasteiger partial charge in [0, 0.05) is 35.4 Å². The molecule has 0 radical (unpaired) electrons. The number of aromatic nitrogens is 1. The van der Waals surface area contributed by atoms with Gasteiger partial charge in [-0.2, -0.15) is 0 Å². The molecule has 0 unspecified atom stereocenters. The number of furan rings is 1. The van der Waals surface area contributed by atoms with Crippen molar-refractivity contribution in [3.8, 4) is 5.75 Å². The van der Waals surface area contributed by atoms with Crippen molar-refractivity contribution < 1.29 is 23.1 Å². The number of carbonyl (C=O) groups is 1. The molecule has 0 spiro atoms. The molecule has 7 nitrogen and oxygen atoms in total. The van der Waals surface area contributed by atoms with Crippen molar-refractivity contribution in [2.75, 3.05) is 25.4 Å². The fraction of sp³-hybridized carbons (Fsp3) is 0.333. The van der Waals surface area contributed by atoms with Crippen molar-refractivity contribution in [2.24, 2.45) is 0 Å². The maximum Gasteiger partial charge on any atom is 0.410 e. The Morgan fingerprint density at radius 3 is 2.88 bits per heavy atom. The zero-order valence-corrected chi connectivity index (χ0v) is 20.3. The highest BCUT2D eigenvalue weighted by molar-refractivity contribution is 6.36. The van der Waals surface area contributed by atoms with Gasteiger partial charge in [0.2, 0.25) is 5.75 Å². The van der Waals surface area contributed by atoms with Crippen molar-refractivity contribution in [1.29, 1.82) is 0 Å². The third kappa shape index (κ3) is 4.65. The molecule has 2 aromatic heterocycles. The van der Waals surface area contributed by atoms with E-state index in [2.05, 4.69) is 4.98 Å². The van der Waals surface area contributed by atoms with Crippen molar-refractivity contribution in [3.05, 3.63) is 57.7 Å². The minimum Gasteiger partial charge on any atom is -0.478 e. The number of benzene rings is 1. The van der Waals surface area contributed by atoms with Gasteiger partial charge in [0.1, 0.15) is 11.9 Å². The Labute approximate surface area is 206 Å². The molecule has 1 aliphatic heterocycles. The number of pyridine rings is 1. The SMILES string of the molecule is CCCOC(=O)N1CC=C(c2coc3c(O[C@H](C)c4c(Cl)ccc(F)c4Cl)c(N)ncc23)CC1. The number of amides is 1. The minimum absolute atomic E-state index is 0.117. The number of anilines is 1. The number of nitrogen functional groups attached to an aromatic ring is 1. The first-order valence-electron chi connectivity index (χ1n) is 10.9. The number of carbonyl (C=O) groups excluding carboxylic acids is 1. The second-order valence-corrected chi connectivity index (χ2v) is 8.71. The topological polar surface area (TPSA) is 90.8 Å². The predicted octanol–water partition coefficient (Wildman–Crippen LogP) is 6.63. The van der Waals surface area contributed by atoms with E-state index in [-0.39, 0.29) is 27.7 Å². The van der Waals surface area contributed by atoms with E-state index in [1.54, 1.807) is 24.3 Å². The maximum atomic E-state index is 14.0. The van der Waals surface area contributed by atoms with Crippen LogP contribution in [-0.4, -0.2) is 35.7 Å². The van der Waals surface area contributed by atoms with Crippen LogP contribution in [0.15, 0.2) is 35.1 Å². The van der Waals surface area contributed by atoms with Crippen molar-refractivity contribution in [2.45, 2.75) is 32.8 Å². The standard InChI is InChI=1S/C24H24Cl2FN3O4/c1-3-10-32-24(31)30-8-6-14(7-9-30)16-12-33-21-15(16)11-29-23(28)22(21)34-13(2)19-17(25)4-5-18(27)20(19)26/h4-6,11-13H,3,7-10H2,1-2H3,(H2,28,29)/t13-/m1/s1. The normalized spacial score (nSPS) is 14.7. The lowest BCUT2D eigenvalue weighted by Gasteiger charge is -2.25. The van der Waals surface area contributed by atoms with E-state index in [9.17, 15) is 9.18 Å². The van der Waals surface area contributed by atoms with E-state index < -0.39 is 11.9 Å². The number of halogens is 3. The fourth-order valence-electron chi connectivity index (χ4n) is 3.85. The number of rotatable bonds is 6. The van der Waals surface area contributed by atoms with Gasteiger partial charge in [-0.15, -0.1) is 0 Å². The van der Waals surface area contributed by atoms with Crippen LogP contribution in [-0.2, 0) is 4.74 Å². The van der Waals surface area contributed by atoms with Gasteiger partial charge in [0.25, 0.3) is 0 Å². The van der Waals surface area contributed by atoms with Crippen LogP contribution in [0, 0.1) is 5.82 Å². The first kappa shape index (κ1) is 24.2. The molecule has 0 saturated heterocycles. The molecule has 3 aromatic rings. The van der Waals surface area contributed by atoms with E-state index in [0.29, 0.717) is 42.6 Å². The summed E-state index contributed by atoms with van der Waals surface area (Å²) >= 11 is 12.4. The highest BCUT2D eigenvalue weighted by Gasteiger charge is 2.25. The highest BCUT2D eigenvalue weighted by atomic mass is 35.5. The smallest absolute Gasteiger partial charge is 0.410 e. The van der Waals surface area contributed by atoms with Gasteiger partial charge in [-0.1, -0.05) is 36.2 Å². The number of hydrogen-bond donors (Lipinski definition) is 1. The number of nitrogens with zero attached hydrogens (tertiary/aromatic N) is 2. The van der Waals surface area contributed by atoms with Gasteiger partial charge in [-0.05, 0) is 37.5 Å². The van der Waals surface area contributed by atoms with Crippen LogP contribution in [0.4, 0.5) is 15.0 Å². The second kappa shape index (κ2) is 10.1. The summed E-state index contributed by atoms with van der Waals surface area (Å²) in [6, 6.07) is 2.61. The number of hydrogen-bond acceptors (Lipinski definition) is 6. The van der Waals surface area contributed by atoms with Crippen LogP contribution in [0.1, 0.15) is 43.9 Å². The summed E-state index contributed by atoms with van der Waals surface area (Å²) in [6.45, 7) is 5.00. The lowest BCUT2D eigenvalue weighted by Crippen LogP contribution is -2.35. The van der Waals surface area contributed by atoms with E-state index in [0.717, 1.165) is 17.6 Å². The quantitative estimate of drug-likeness (QED) is 0.376. The number of ether oxygens (including phenoxy) is 2. The van der Waals surface area contributed by atoms with Crippen molar-refractivity contribution >= 4 is 51.7 Å². The number of fused-ring (bicyclic) bond motifs is 1. The minimum atomic E-state index is -0.726. The highest BCUT2D eigenvalue weighted by Crippen LogP contribution is 2.41. The molecule has 0 fully saturated rings. The largest absolute Gasteiger partial charge is 0.478 e. The van der Waals surface area contributed by atoms with Crippen LogP contribution < -0.4 is 10.5 Å². The molecule has 4 rings (SSSR count). The second-order valence-electron chi connectivity index (χ2n) is 7.92. The molecule has 1 aliphatic rings. The molecular formula is C24H24Cl2FN3O4. The molecular weight excluding hydrogens is 484 g/mol. The summed E-state index contributed by atoms with van der Waals surface area (Å²) in [7, 11) is 0. The van der Waals surface area contributed by atoms with E-state index >= 15 is 0 Å².